The summed E-state index contributed by atoms with van der Waals surface area (Å²) in [5.41, 5.74) is 2.43. The van der Waals surface area contributed by atoms with Crippen LogP contribution in [0.15, 0.2) is 71.8 Å². The van der Waals surface area contributed by atoms with Gasteiger partial charge >= 0.3 is 5.97 Å². The van der Waals surface area contributed by atoms with E-state index >= 15 is 0 Å². The molecule has 6 atom stereocenters. The van der Waals surface area contributed by atoms with Crippen LogP contribution in [0.3, 0.4) is 0 Å². The third-order valence-corrected chi connectivity index (χ3v) is 8.79. The molecule has 1 saturated carbocycles. The average Bonchev–Trinajstić information content (AvgIpc) is 3.17. The second-order valence-electron chi connectivity index (χ2n) is 11.3. The highest BCUT2D eigenvalue weighted by Crippen LogP contribution is 2.61. The Morgan fingerprint density at radius 3 is 2.84 bits per heavy atom. The number of benzene rings is 1. The molecule has 38 heavy (non-hydrogen) atoms. The number of ether oxygens (including phenoxy) is 2. The van der Waals surface area contributed by atoms with E-state index in [1.807, 2.05) is 24.4 Å². The summed E-state index contributed by atoms with van der Waals surface area (Å²) >= 11 is 0. The van der Waals surface area contributed by atoms with Crippen molar-refractivity contribution < 1.29 is 23.9 Å². The lowest BCUT2D eigenvalue weighted by Gasteiger charge is -2.44. The number of carbonyl (C=O) groups is 3. The number of esters is 1. The first kappa shape index (κ1) is 24.6. The minimum Gasteiger partial charge on any atom is -0.489 e. The molecule has 2 aromatic rings. The van der Waals surface area contributed by atoms with Crippen molar-refractivity contribution in [3.63, 3.8) is 0 Å². The van der Waals surface area contributed by atoms with Crippen LogP contribution < -0.4 is 5.32 Å². The zero-order valence-corrected chi connectivity index (χ0v) is 21.9. The fourth-order valence-electron chi connectivity index (χ4n) is 7.11. The molecule has 0 saturated heterocycles. The summed E-state index contributed by atoms with van der Waals surface area (Å²) in [5, 5.41) is 5.00. The van der Waals surface area contributed by atoms with Gasteiger partial charge in [-0.05, 0) is 41.0 Å². The minimum absolute atomic E-state index is 0.0139. The molecule has 1 N–H and O–H groups in total. The standard InChI is InChI=1S/C31H32N2O5/c1-17(34)33-15-19-11-26(36)24-13-20-7-9-31(3)25(30(20)38-27(24)12-19)14-28(37-18(2)35)29(31)23-6-4-5-21-16-32-10-8-22(21)23/h4-10,13,16,19,25,28-30H,11-12,14-15H2,1-3H3,(H,33,34)/t19?,25-,28+,29-,30?,31-/m0/s1. The zero-order valence-electron chi connectivity index (χ0n) is 21.9. The number of carbonyl (C=O) groups excluding carboxylic acids is 3. The van der Waals surface area contributed by atoms with Gasteiger partial charge in [-0.2, -0.15) is 0 Å². The number of fused-ring (bicyclic) bond motifs is 4. The van der Waals surface area contributed by atoms with Crippen molar-refractivity contribution in [3.8, 4) is 0 Å². The van der Waals surface area contributed by atoms with Gasteiger partial charge in [0.25, 0.3) is 0 Å². The number of aromatic nitrogens is 1. The lowest BCUT2D eigenvalue weighted by Crippen LogP contribution is -2.42. The Kier molecular flexibility index (Phi) is 5.97. The van der Waals surface area contributed by atoms with Gasteiger partial charge in [-0.25, -0.2) is 0 Å². The summed E-state index contributed by atoms with van der Waals surface area (Å²) in [6.07, 6.45) is 11.1. The molecule has 1 aromatic heterocycles. The van der Waals surface area contributed by atoms with Crippen LogP contribution in [0.2, 0.25) is 0 Å². The number of Topliss-reactive ketones (excluding diaryl/α,β-unsaturated/α-hetero) is 1. The van der Waals surface area contributed by atoms with E-state index in [1.54, 1.807) is 6.20 Å². The average molecular weight is 513 g/mol. The molecular weight excluding hydrogens is 480 g/mol. The van der Waals surface area contributed by atoms with Crippen molar-refractivity contribution in [2.24, 2.45) is 17.3 Å². The number of allylic oxidation sites excluding steroid dienone is 4. The van der Waals surface area contributed by atoms with E-state index in [0.717, 1.165) is 21.9 Å². The number of pyridine rings is 1. The first-order valence-corrected chi connectivity index (χ1v) is 13.3. The van der Waals surface area contributed by atoms with Crippen molar-refractivity contribution >= 4 is 28.4 Å². The van der Waals surface area contributed by atoms with Gasteiger partial charge < -0.3 is 14.8 Å². The van der Waals surface area contributed by atoms with E-state index in [4.69, 9.17) is 9.47 Å². The van der Waals surface area contributed by atoms with Gasteiger partial charge in [-0.1, -0.05) is 37.3 Å². The Hall–Kier alpha value is -3.74. The van der Waals surface area contributed by atoms with E-state index in [1.165, 1.54) is 13.8 Å². The third kappa shape index (κ3) is 4.05. The maximum Gasteiger partial charge on any atom is 0.302 e. The smallest absolute Gasteiger partial charge is 0.302 e. The van der Waals surface area contributed by atoms with Crippen LogP contribution in [-0.2, 0) is 23.9 Å². The summed E-state index contributed by atoms with van der Waals surface area (Å²) in [6.45, 7) is 5.64. The number of hydrogen-bond donors (Lipinski definition) is 1. The van der Waals surface area contributed by atoms with E-state index in [0.29, 0.717) is 37.1 Å². The molecule has 2 unspecified atom stereocenters. The number of hydrogen-bond acceptors (Lipinski definition) is 6. The normalized spacial score (nSPS) is 31.6. The fraction of sp³-hybridized carbons (Fsp3) is 0.419. The van der Waals surface area contributed by atoms with Gasteiger partial charge in [0.15, 0.2) is 5.78 Å². The lowest BCUT2D eigenvalue weighted by atomic mass is 9.64. The topological polar surface area (TPSA) is 94.6 Å². The van der Waals surface area contributed by atoms with Gasteiger partial charge in [0.1, 0.15) is 18.0 Å². The first-order valence-electron chi connectivity index (χ1n) is 13.3. The van der Waals surface area contributed by atoms with Crippen LogP contribution >= 0.6 is 0 Å². The van der Waals surface area contributed by atoms with Gasteiger partial charge in [-0.3, -0.25) is 19.4 Å². The van der Waals surface area contributed by atoms with Crippen molar-refractivity contribution in [1.82, 2.24) is 10.3 Å². The van der Waals surface area contributed by atoms with Gasteiger partial charge in [0, 0.05) is 68.3 Å². The van der Waals surface area contributed by atoms with Crippen LogP contribution in [0.25, 0.3) is 10.8 Å². The predicted molar refractivity (Wildman–Crippen MR) is 142 cm³/mol. The maximum atomic E-state index is 13.0. The summed E-state index contributed by atoms with van der Waals surface area (Å²) in [4.78, 5) is 41.0. The van der Waals surface area contributed by atoms with Crippen LogP contribution in [-0.4, -0.2) is 41.4 Å². The number of amides is 1. The van der Waals surface area contributed by atoms with Gasteiger partial charge in [0.05, 0.1) is 5.57 Å². The van der Waals surface area contributed by atoms with Crippen molar-refractivity contribution in [2.45, 2.75) is 58.2 Å². The highest BCUT2D eigenvalue weighted by atomic mass is 16.5. The third-order valence-electron chi connectivity index (χ3n) is 8.79. The summed E-state index contributed by atoms with van der Waals surface area (Å²) < 4.78 is 12.7. The quantitative estimate of drug-likeness (QED) is 0.605. The summed E-state index contributed by atoms with van der Waals surface area (Å²) in [5.74, 6) is 0.365. The Balaban J connectivity index is 1.38. The largest absolute Gasteiger partial charge is 0.489 e. The Labute approximate surface area is 222 Å². The molecule has 7 nitrogen and oxygen atoms in total. The highest BCUT2D eigenvalue weighted by Gasteiger charge is 2.58. The molecule has 196 valence electrons. The van der Waals surface area contributed by atoms with Crippen LogP contribution in [0.1, 0.15) is 51.5 Å². The van der Waals surface area contributed by atoms with Crippen molar-refractivity contribution in [1.29, 1.82) is 0 Å². The van der Waals surface area contributed by atoms with Crippen molar-refractivity contribution in [3.05, 3.63) is 77.4 Å². The molecular formula is C31H32N2O5. The minimum atomic E-state index is -0.341. The molecule has 3 aliphatic carbocycles. The van der Waals surface area contributed by atoms with E-state index in [9.17, 15) is 14.4 Å². The molecule has 0 spiro atoms. The molecule has 7 heteroatoms. The Bertz CT molecular complexity index is 1430. The molecule has 1 amide bonds. The predicted octanol–water partition coefficient (Wildman–Crippen LogP) is 4.54. The van der Waals surface area contributed by atoms with E-state index < -0.39 is 0 Å². The zero-order chi connectivity index (χ0) is 26.6. The van der Waals surface area contributed by atoms with Crippen LogP contribution in [0.4, 0.5) is 0 Å². The second-order valence-corrected chi connectivity index (χ2v) is 11.3. The molecule has 1 fully saturated rings. The molecule has 0 radical (unpaired) electrons. The van der Waals surface area contributed by atoms with Crippen molar-refractivity contribution in [2.75, 3.05) is 6.54 Å². The van der Waals surface area contributed by atoms with Crippen LogP contribution in [0.5, 0.6) is 0 Å². The van der Waals surface area contributed by atoms with E-state index in [-0.39, 0.29) is 53.0 Å². The number of ketones is 1. The van der Waals surface area contributed by atoms with Gasteiger partial charge in [-0.15, -0.1) is 0 Å². The fourth-order valence-corrected chi connectivity index (χ4v) is 7.11. The SMILES string of the molecule is CC(=O)NCC1CC(=O)C2=C(C1)OC1C(=C2)C=C[C@@]2(C)[C@H]1C[C@@H](OC(C)=O)[C@@H]2c1cccc2cnccc12. The molecule has 1 aliphatic heterocycles. The summed E-state index contributed by atoms with van der Waals surface area (Å²) in [6, 6.07) is 8.25. The Morgan fingerprint density at radius 2 is 2.05 bits per heavy atom. The van der Waals surface area contributed by atoms with Gasteiger partial charge in [0.2, 0.25) is 5.91 Å². The second kappa shape index (κ2) is 9.22. The molecule has 6 rings (SSSR count). The first-order chi connectivity index (χ1) is 18.2. The molecule has 2 heterocycles. The maximum absolute atomic E-state index is 13.0. The number of nitrogens with one attached hydrogen (secondary N) is 1. The summed E-state index contributed by atoms with van der Waals surface area (Å²) in [7, 11) is 0. The molecule has 4 aliphatic rings. The number of nitrogens with zero attached hydrogens (tertiary/aromatic N) is 1. The van der Waals surface area contributed by atoms with Crippen LogP contribution in [0, 0.1) is 17.3 Å². The Morgan fingerprint density at radius 1 is 1.21 bits per heavy atom. The van der Waals surface area contributed by atoms with E-state index in [2.05, 4.69) is 41.5 Å². The lowest BCUT2D eigenvalue weighted by molar-refractivity contribution is -0.147. The highest BCUT2D eigenvalue weighted by molar-refractivity contribution is 6.00. The molecule has 0 bridgehead atoms. The monoisotopic (exact) mass is 512 g/mol. The molecule has 1 aromatic carbocycles. The number of rotatable bonds is 4.